The van der Waals surface area contributed by atoms with Crippen molar-refractivity contribution >= 4 is 0 Å². The molecule has 0 aliphatic carbocycles. The van der Waals surface area contributed by atoms with Crippen LogP contribution in [0.25, 0.3) is 0 Å². The molecule has 0 heterocycles. The van der Waals surface area contributed by atoms with Crippen molar-refractivity contribution in [1.29, 1.82) is 0 Å². The third-order valence-corrected chi connectivity index (χ3v) is 0.994. The Hall–Kier alpha value is 1.37. The van der Waals surface area contributed by atoms with Gasteiger partial charge >= 0.3 is 16.5 Å². The smallest absolute Gasteiger partial charge is 1.00 e. The molecule has 0 atom stereocenters. The summed E-state index contributed by atoms with van der Waals surface area (Å²) in [6, 6.07) is 0. The van der Waals surface area contributed by atoms with Crippen molar-refractivity contribution in [3.8, 4) is 0 Å². The number of likely N-dealkylation sites (N-methyl/N-ethyl adjacent to an activating group) is 2. The second-order valence-electron chi connectivity index (χ2n) is 2.61. The Balaban J connectivity index is -0.0000000817. The van der Waals surface area contributed by atoms with Gasteiger partial charge in [0.15, 0.2) is 0 Å². The quantitative estimate of drug-likeness (QED) is 0.475. The summed E-state index contributed by atoms with van der Waals surface area (Å²) in [4.78, 5) is 4.36. The molecule has 0 aromatic heterocycles. The van der Waals surface area contributed by atoms with Crippen molar-refractivity contribution < 1.29 is 50.5 Å². The molecule has 0 N–H and O–H groups in total. The van der Waals surface area contributed by atoms with Crippen LogP contribution in [0.5, 0.6) is 0 Å². The van der Waals surface area contributed by atoms with Crippen molar-refractivity contribution in [2.75, 3.05) is 41.3 Å². The fourth-order valence-corrected chi connectivity index (χ4v) is 0.400. The van der Waals surface area contributed by atoms with E-state index in [0.29, 0.717) is 0 Å². The van der Waals surface area contributed by atoms with Crippen LogP contribution < -0.4 is 34.0 Å². The molecule has 0 rings (SSSR count). The van der Waals surface area contributed by atoms with E-state index in [9.17, 15) is 0 Å². The second kappa shape index (κ2) is 13.9. The van der Waals surface area contributed by atoms with Gasteiger partial charge in [-0.2, -0.15) is 0 Å². The number of nitrogens with zero attached hydrogens (tertiary/aromatic N) is 2. The molecular weight excluding hydrogens is 319 g/mol. The molecule has 0 radical (unpaired) electrons. The van der Waals surface area contributed by atoms with Crippen LogP contribution in [-0.4, -0.2) is 51.1 Å². The third kappa shape index (κ3) is 24.6. The summed E-state index contributed by atoms with van der Waals surface area (Å²) >= 11 is 0. The zero-order chi connectivity index (χ0) is 6.57. The molecule has 11 heavy (non-hydrogen) atoms. The van der Waals surface area contributed by atoms with Crippen LogP contribution in [-0.2, 0) is 16.5 Å². The standard InChI is InChI=1S/C6H16N2.2BrH.Ni/c1-7(2)5-6-8(3)4;;;/h5-6H2,1-4H3;2*1H;/q;;;+2/p-2. The Morgan fingerprint density at radius 1 is 0.727 bits per heavy atom. The monoisotopic (exact) mass is 332 g/mol. The van der Waals surface area contributed by atoms with E-state index in [2.05, 4.69) is 38.0 Å². The normalized spacial score (nSPS) is 8.18. The van der Waals surface area contributed by atoms with Gasteiger partial charge in [-0.3, -0.25) is 0 Å². The van der Waals surface area contributed by atoms with Crippen molar-refractivity contribution in [2.45, 2.75) is 0 Å². The van der Waals surface area contributed by atoms with Crippen LogP contribution in [0.3, 0.4) is 0 Å². The van der Waals surface area contributed by atoms with Gasteiger partial charge in [0, 0.05) is 13.1 Å². The zero-order valence-corrected chi connectivity index (χ0v) is 11.5. The van der Waals surface area contributed by atoms with E-state index in [1.807, 2.05) is 0 Å². The Morgan fingerprint density at radius 3 is 1.00 bits per heavy atom. The minimum Gasteiger partial charge on any atom is -1.00 e. The summed E-state index contributed by atoms with van der Waals surface area (Å²) in [6.45, 7) is 2.29. The zero-order valence-electron chi connectivity index (χ0n) is 7.38. The Morgan fingerprint density at radius 2 is 0.909 bits per heavy atom. The molecule has 0 aliphatic heterocycles. The SMILES string of the molecule is CN(C)CCN(C)C.[Br-].[Br-].[Ni+2]. The minimum atomic E-state index is 0. The molecule has 0 unspecified atom stereocenters. The van der Waals surface area contributed by atoms with E-state index in [4.69, 9.17) is 0 Å². The molecule has 0 saturated heterocycles. The molecule has 0 aromatic carbocycles. The van der Waals surface area contributed by atoms with Gasteiger partial charge in [0.25, 0.3) is 0 Å². The maximum Gasteiger partial charge on any atom is 2.00 e. The van der Waals surface area contributed by atoms with E-state index in [0.717, 1.165) is 13.1 Å². The fourth-order valence-electron chi connectivity index (χ4n) is 0.400. The first-order chi connectivity index (χ1) is 3.63. The fraction of sp³-hybridized carbons (Fsp3) is 1.00. The van der Waals surface area contributed by atoms with Crippen LogP contribution in [0.4, 0.5) is 0 Å². The molecule has 2 nitrogen and oxygen atoms in total. The molecular formula is C6H16Br2N2Ni. The van der Waals surface area contributed by atoms with Crippen LogP contribution in [0.15, 0.2) is 0 Å². The van der Waals surface area contributed by atoms with Gasteiger partial charge in [-0.05, 0) is 28.2 Å². The average Bonchev–Trinajstić information content (AvgIpc) is 1.61. The van der Waals surface area contributed by atoms with Crippen LogP contribution in [0.2, 0.25) is 0 Å². The molecule has 0 spiro atoms. The van der Waals surface area contributed by atoms with E-state index in [1.54, 1.807) is 0 Å². The topological polar surface area (TPSA) is 6.48 Å². The number of halogens is 2. The number of hydrogen-bond acceptors (Lipinski definition) is 2. The van der Waals surface area contributed by atoms with E-state index in [1.165, 1.54) is 0 Å². The van der Waals surface area contributed by atoms with E-state index in [-0.39, 0.29) is 50.5 Å². The molecule has 0 aromatic rings. The molecule has 0 bridgehead atoms. The largest absolute Gasteiger partial charge is 2.00 e. The van der Waals surface area contributed by atoms with Gasteiger partial charge in [-0.15, -0.1) is 0 Å². The first kappa shape index (κ1) is 22.8. The predicted octanol–water partition coefficient (Wildman–Crippen LogP) is -5.88. The predicted molar refractivity (Wildman–Crippen MR) is 37.1 cm³/mol. The first-order valence-corrected chi connectivity index (χ1v) is 2.92. The van der Waals surface area contributed by atoms with Gasteiger partial charge in [-0.1, -0.05) is 0 Å². The van der Waals surface area contributed by atoms with Gasteiger partial charge in [0.05, 0.1) is 0 Å². The molecule has 74 valence electrons. The maximum absolute atomic E-state index is 2.18. The summed E-state index contributed by atoms with van der Waals surface area (Å²) < 4.78 is 0. The molecule has 0 fully saturated rings. The van der Waals surface area contributed by atoms with Gasteiger partial charge < -0.3 is 43.8 Å². The maximum atomic E-state index is 2.18. The molecule has 5 heteroatoms. The summed E-state index contributed by atoms with van der Waals surface area (Å²) in [5, 5.41) is 0. The van der Waals surface area contributed by atoms with E-state index >= 15 is 0 Å². The second-order valence-corrected chi connectivity index (χ2v) is 2.61. The van der Waals surface area contributed by atoms with Crippen LogP contribution >= 0.6 is 0 Å². The average molecular weight is 335 g/mol. The van der Waals surface area contributed by atoms with Crippen molar-refractivity contribution in [3.63, 3.8) is 0 Å². The number of hydrogen-bond donors (Lipinski definition) is 0. The Kier molecular flexibility index (Phi) is 28.9. The summed E-state index contributed by atoms with van der Waals surface area (Å²) in [7, 11) is 8.35. The number of rotatable bonds is 3. The Labute approximate surface area is 101 Å². The Bertz CT molecular complexity index is 54.5. The summed E-state index contributed by atoms with van der Waals surface area (Å²) in [6.07, 6.45) is 0. The van der Waals surface area contributed by atoms with Crippen LogP contribution in [0, 0.1) is 0 Å². The third-order valence-electron chi connectivity index (χ3n) is 0.994. The van der Waals surface area contributed by atoms with Crippen molar-refractivity contribution in [2.24, 2.45) is 0 Å². The minimum absolute atomic E-state index is 0. The molecule has 0 aliphatic rings. The van der Waals surface area contributed by atoms with Gasteiger partial charge in [0.1, 0.15) is 0 Å². The first-order valence-electron chi connectivity index (χ1n) is 2.92. The van der Waals surface area contributed by atoms with Crippen LogP contribution in [0.1, 0.15) is 0 Å². The van der Waals surface area contributed by atoms with E-state index < -0.39 is 0 Å². The van der Waals surface area contributed by atoms with Crippen molar-refractivity contribution in [1.82, 2.24) is 9.80 Å². The summed E-state index contributed by atoms with van der Waals surface area (Å²) in [5.74, 6) is 0. The molecule has 0 amide bonds. The molecule has 0 saturated carbocycles. The van der Waals surface area contributed by atoms with Gasteiger partial charge in [0.2, 0.25) is 0 Å². The van der Waals surface area contributed by atoms with Gasteiger partial charge in [-0.25, -0.2) is 0 Å². The van der Waals surface area contributed by atoms with Crippen molar-refractivity contribution in [3.05, 3.63) is 0 Å². The summed E-state index contributed by atoms with van der Waals surface area (Å²) in [5.41, 5.74) is 0.